The number of halogens is 2. The van der Waals surface area contributed by atoms with Gasteiger partial charge in [0, 0.05) is 29.3 Å². The Morgan fingerprint density at radius 2 is 1.60 bits per heavy atom. The number of nitrogens with one attached hydrogen (secondary N) is 1. The molecular formula is C20H23Cl2N3O4S. The van der Waals surface area contributed by atoms with Crippen LogP contribution in [0.3, 0.4) is 0 Å². The molecule has 0 aliphatic carbocycles. The molecule has 0 aromatic heterocycles. The zero-order chi connectivity index (χ0) is 22.5. The molecule has 0 heterocycles. The number of benzene rings is 2. The Bertz CT molecular complexity index is 1030. The second-order valence-electron chi connectivity index (χ2n) is 6.63. The fourth-order valence-corrected chi connectivity index (χ4v) is 4.05. The first-order valence-corrected chi connectivity index (χ1v) is 11.3. The maximum absolute atomic E-state index is 12.6. The molecule has 0 saturated heterocycles. The van der Waals surface area contributed by atoms with E-state index in [-0.39, 0.29) is 18.0 Å². The van der Waals surface area contributed by atoms with Crippen molar-refractivity contribution >= 4 is 50.7 Å². The lowest BCUT2D eigenvalue weighted by Crippen LogP contribution is -2.44. The number of carbonyl (C=O) groups is 2. The van der Waals surface area contributed by atoms with E-state index in [1.807, 2.05) is 6.92 Å². The summed E-state index contributed by atoms with van der Waals surface area (Å²) in [5.41, 5.74) is 1.38. The van der Waals surface area contributed by atoms with Crippen molar-refractivity contribution in [3.8, 4) is 0 Å². The SMILES string of the molecule is CCN(CC(=O)Nc1cc(Cl)ccc1C)C(=O)CN(C)S(=O)(=O)c1ccc(Cl)cc1. The van der Waals surface area contributed by atoms with Crippen LogP contribution in [0.5, 0.6) is 0 Å². The van der Waals surface area contributed by atoms with Crippen LogP contribution in [0.15, 0.2) is 47.4 Å². The highest BCUT2D eigenvalue weighted by molar-refractivity contribution is 7.89. The molecule has 2 amide bonds. The van der Waals surface area contributed by atoms with Gasteiger partial charge in [0.05, 0.1) is 18.0 Å². The van der Waals surface area contributed by atoms with E-state index >= 15 is 0 Å². The number of hydrogen-bond acceptors (Lipinski definition) is 4. The molecule has 0 spiro atoms. The topological polar surface area (TPSA) is 86.8 Å². The Morgan fingerprint density at radius 3 is 2.20 bits per heavy atom. The van der Waals surface area contributed by atoms with Gasteiger partial charge < -0.3 is 10.2 Å². The Labute approximate surface area is 186 Å². The van der Waals surface area contributed by atoms with Crippen LogP contribution in [0.25, 0.3) is 0 Å². The Morgan fingerprint density at radius 1 is 1.00 bits per heavy atom. The number of rotatable bonds is 8. The summed E-state index contributed by atoms with van der Waals surface area (Å²) in [6, 6.07) is 10.8. The smallest absolute Gasteiger partial charge is 0.244 e. The van der Waals surface area contributed by atoms with Gasteiger partial charge in [0.1, 0.15) is 0 Å². The minimum Gasteiger partial charge on any atom is -0.333 e. The second-order valence-corrected chi connectivity index (χ2v) is 9.55. The van der Waals surface area contributed by atoms with Gasteiger partial charge in [-0.15, -0.1) is 0 Å². The van der Waals surface area contributed by atoms with E-state index in [2.05, 4.69) is 5.32 Å². The summed E-state index contributed by atoms with van der Waals surface area (Å²) in [5, 5.41) is 3.61. The van der Waals surface area contributed by atoms with Crippen LogP contribution in [0.2, 0.25) is 10.0 Å². The van der Waals surface area contributed by atoms with Crippen molar-refractivity contribution in [2.75, 3.05) is 32.0 Å². The first kappa shape index (κ1) is 24.1. The van der Waals surface area contributed by atoms with E-state index in [0.717, 1.165) is 9.87 Å². The maximum atomic E-state index is 12.6. The summed E-state index contributed by atoms with van der Waals surface area (Å²) in [4.78, 5) is 26.3. The van der Waals surface area contributed by atoms with Gasteiger partial charge in [-0.05, 0) is 55.8 Å². The average molecular weight is 472 g/mol. The molecule has 0 bridgehead atoms. The quantitative estimate of drug-likeness (QED) is 0.638. The lowest BCUT2D eigenvalue weighted by molar-refractivity contribution is -0.134. The van der Waals surface area contributed by atoms with Gasteiger partial charge in [0.15, 0.2) is 0 Å². The van der Waals surface area contributed by atoms with Crippen molar-refractivity contribution in [3.63, 3.8) is 0 Å². The summed E-state index contributed by atoms with van der Waals surface area (Å²) in [6.45, 7) is 3.17. The summed E-state index contributed by atoms with van der Waals surface area (Å²) >= 11 is 11.8. The van der Waals surface area contributed by atoms with Crippen LogP contribution in [0.1, 0.15) is 12.5 Å². The molecule has 0 aliphatic heterocycles. The number of likely N-dealkylation sites (N-methyl/N-ethyl adjacent to an activating group) is 2. The van der Waals surface area contributed by atoms with Crippen LogP contribution in [-0.2, 0) is 19.6 Å². The molecule has 10 heteroatoms. The third-order valence-corrected chi connectivity index (χ3v) is 6.73. The number of hydrogen-bond donors (Lipinski definition) is 1. The molecule has 1 N–H and O–H groups in total. The van der Waals surface area contributed by atoms with Gasteiger partial charge in [-0.1, -0.05) is 29.3 Å². The summed E-state index contributed by atoms with van der Waals surface area (Å²) in [7, 11) is -2.56. The van der Waals surface area contributed by atoms with Gasteiger partial charge in [-0.2, -0.15) is 4.31 Å². The number of anilines is 1. The van der Waals surface area contributed by atoms with E-state index in [4.69, 9.17) is 23.2 Å². The van der Waals surface area contributed by atoms with E-state index in [1.54, 1.807) is 25.1 Å². The molecule has 2 rings (SSSR count). The van der Waals surface area contributed by atoms with Crippen molar-refractivity contribution in [2.45, 2.75) is 18.7 Å². The highest BCUT2D eigenvalue weighted by Gasteiger charge is 2.25. The monoisotopic (exact) mass is 471 g/mol. The van der Waals surface area contributed by atoms with Gasteiger partial charge in [-0.3, -0.25) is 9.59 Å². The zero-order valence-corrected chi connectivity index (χ0v) is 19.2. The number of nitrogens with zero attached hydrogens (tertiary/aromatic N) is 2. The van der Waals surface area contributed by atoms with Gasteiger partial charge in [-0.25, -0.2) is 8.42 Å². The largest absolute Gasteiger partial charge is 0.333 e. The standard InChI is InChI=1S/C20H23Cl2N3O4S/c1-4-25(12-19(26)23-18-11-16(22)6-5-14(18)2)20(27)13-24(3)30(28,29)17-9-7-15(21)8-10-17/h5-11H,4,12-13H2,1-3H3,(H,23,26). The maximum Gasteiger partial charge on any atom is 0.244 e. The molecular weight excluding hydrogens is 449 g/mol. The van der Waals surface area contributed by atoms with Gasteiger partial charge in [0.25, 0.3) is 0 Å². The zero-order valence-electron chi connectivity index (χ0n) is 16.9. The molecule has 2 aromatic rings. The van der Waals surface area contributed by atoms with Crippen LogP contribution in [-0.4, -0.2) is 56.1 Å². The molecule has 0 unspecified atom stereocenters. The number of amides is 2. The fourth-order valence-electron chi connectivity index (χ4n) is 2.63. The molecule has 30 heavy (non-hydrogen) atoms. The number of carbonyl (C=O) groups excluding carboxylic acids is 2. The van der Waals surface area contributed by atoms with Crippen LogP contribution >= 0.6 is 23.2 Å². The first-order chi connectivity index (χ1) is 14.0. The lowest BCUT2D eigenvalue weighted by atomic mass is 10.2. The highest BCUT2D eigenvalue weighted by Crippen LogP contribution is 2.20. The number of sulfonamides is 1. The molecule has 0 aliphatic rings. The Balaban J connectivity index is 2.03. The van der Waals surface area contributed by atoms with Gasteiger partial charge in [0.2, 0.25) is 21.8 Å². The van der Waals surface area contributed by atoms with Crippen molar-refractivity contribution < 1.29 is 18.0 Å². The molecule has 2 aromatic carbocycles. The highest BCUT2D eigenvalue weighted by atomic mass is 35.5. The van der Waals surface area contributed by atoms with Crippen molar-refractivity contribution in [2.24, 2.45) is 0 Å². The lowest BCUT2D eigenvalue weighted by Gasteiger charge is -2.24. The fraction of sp³-hybridized carbons (Fsp3) is 0.300. The van der Waals surface area contributed by atoms with E-state index in [9.17, 15) is 18.0 Å². The third kappa shape index (κ3) is 6.18. The van der Waals surface area contributed by atoms with Crippen molar-refractivity contribution in [1.82, 2.24) is 9.21 Å². The van der Waals surface area contributed by atoms with Crippen molar-refractivity contribution in [3.05, 3.63) is 58.1 Å². The van der Waals surface area contributed by atoms with E-state index in [0.29, 0.717) is 15.7 Å². The molecule has 0 saturated carbocycles. The Hall–Kier alpha value is -2.13. The van der Waals surface area contributed by atoms with Crippen molar-refractivity contribution in [1.29, 1.82) is 0 Å². The van der Waals surface area contributed by atoms with Crippen LogP contribution < -0.4 is 5.32 Å². The second kappa shape index (κ2) is 10.3. The third-order valence-electron chi connectivity index (χ3n) is 4.42. The first-order valence-electron chi connectivity index (χ1n) is 9.10. The van der Waals surface area contributed by atoms with E-state index < -0.39 is 28.4 Å². The molecule has 162 valence electrons. The summed E-state index contributed by atoms with van der Waals surface area (Å²) < 4.78 is 26.2. The molecule has 0 fully saturated rings. The summed E-state index contributed by atoms with van der Waals surface area (Å²) in [6.07, 6.45) is 0. The van der Waals surface area contributed by atoms with E-state index in [1.165, 1.54) is 36.2 Å². The number of aryl methyl sites for hydroxylation is 1. The minimum atomic E-state index is -3.87. The molecule has 0 radical (unpaired) electrons. The van der Waals surface area contributed by atoms with Crippen LogP contribution in [0, 0.1) is 6.92 Å². The van der Waals surface area contributed by atoms with Crippen LogP contribution in [0.4, 0.5) is 5.69 Å². The summed E-state index contributed by atoms with van der Waals surface area (Å²) in [5.74, 6) is -0.894. The average Bonchev–Trinajstić information content (AvgIpc) is 2.69. The predicted molar refractivity (Wildman–Crippen MR) is 118 cm³/mol. The van der Waals surface area contributed by atoms with Gasteiger partial charge >= 0.3 is 0 Å². The Kier molecular flexibility index (Phi) is 8.25. The predicted octanol–water partition coefficient (Wildman–Crippen LogP) is 3.41. The molecule has 7 nitrogen and oxygen atoms in total. The molecule has 0 atom stereocenters. The normalized spacial score (nSPS) is 11.4. The minimum absolute atomic E-state index is 0.0272.